The lowest BCUT2D eigenvalue weighted by Gasteiger charge is -2.31. The molecule has 0 spiro atoms. The second-order valence-electron chi connectivity index (χ2n) is 5.71. The van der Waals surface area contributed by atoms with Crippen LogP contribution in [0.5, 0.6) is 5.75 Å². The standard InChI is InChI=1S/C14H21N3O3/c1-9-6-10(2)8-11(7-9)20-13-5-3-4-12(16-15)14(13)17(18)19/h3-5,9-11,16H,6-8,15H2,1-2H3. The molecule has 1 aliphatic carbocycles. The summed E-state index contributed by atoms with van der Waals surface area (Å²) in [5.41, 5.74) is 2.52. The first-order chi connectivity index (χ1) is 9.51. The SMILES string of the molecule is CC1CC(C)CC(Oc2cccc(NN)c2[N+](=O)[O-])C1. The number of hydrogen-bond acceptors (Lipinski definition) is 5. The maximum atomic E-state index is 11.2. The number of ether oxygens (including phenoxy) is 1. The number of para-hydroxylation sites is 1. The van der Waals surface area contributed by atoms with E-state index in [4.69, 9.17) is 10.6 Å². The predicted molar refractivity (Wildman–Crippen MR) is 77.5 cm³/mol. The molecule has 0 heterocycles. The first-order valence-corrected chi connectivity index (χ1v) is 6.92. The molecule has 6 heteroatoms. The lowest BCUT2D eigenvalue weighted by Crippen LogP contribution is -2.28. The van der Waals surface area contributed by atoms with Gasteiger partial charge in [-0.2, -0.15) is 0 Å². The molecule has 1 aromatic rings. The number of nitrogens with one attached hydrogen (secondary N) is 1. The highest BCUT2D eigenvalue weighted by molar-refractivity contribution is 5.67. The summed E-state index contributed by atoms with van der Waals surface area (Å²) in [5, 5.41) is 11.2. The molecule has 0 aliphatic heterocycles. The van der Waals surface area contributed by atoms with E-state index in [1.165, 1.54) is 6.42 Å². The molecule has 0 radical (unpaired) electrons. The van der Waals surface area contributed by atoms with Gasteiger partial charge in [-0.25, -0.2) is 0 Å². The van der Waals surface area contributed by atoms with Crippen LogP contribution in [0.4, 0.5) is 11.4 Å². The average Bonchev–Trinajstić information content (AvgIpc) is 2.36. The van der Waals surface area contributed by atoms with Crippen molar-refractivity contribution in [2.45, 2.75) is 39.2 Å². The van der Waals surface area contributed by atoms with Crippen molar-refractivity contribution < 1.29 is 9.66 Å². The van der Waals surface area contributed by atoms with Gasteiger partial charge >= 0.3 is 5.69 Å². The maximum absolute atomic E-state index is 11.2. The van der Waals surface area contributed by atoms with Crippen LogP contribution in [-0.4, -0.2) is 11.0 Å². The lowest BCUT2D eigenvalue weighted by molar-refractivity contribution is -0.385. The summed E-state index contributed by atoms with van der Waals surface area (Å²) >= 11 is 0. The van der Waals surface area contributed by atoms with Crippen LogP contribution < -0.4 is 16.0 Å². The Balaban J connectivity index is 2.22. The first kappa shape index (κ1) is 14.6. The Hall–Kier alpha value is -1.82. The zero-order chi connectivity index (χ0) is 14.7. The van der Waals surface area contributed by atoms with E-state index in [1.807, 2.05) is 0 Å². The Kier molecular flexibility index (Phi) is 4.44. The van der Waals surface area contributed by atoms with Crippen molar-refractivity contribution >= 4 is 11.4 Å². The number of anilines is 1. The number of benzene rings is 1. The van der Waals surface area contributed by atoms with Gasteiger partial charge in [0.05, 0.1) is 11.0 Å². The second-order valence-corrected chi connectivity index (χ2v) is 5.71. The number of nitrogens with two attached hydrogens (primary N) is 1. The largest absolute Gasteiger partial charge is 0.483 e. The number of nitro benzene ring substituents is 1. The first-order valence-electron chi connectivity index (χ1n) is 6.92. The lowest BCUT2D eigenvalue weighted by atomic mass is 9.82. The molecule has 1 saturated carbocycles. The summed E-state index contributed by atoms with van der Waals surface area (Å²) in [7, 11) is 0. The minimum Gasteiger partial charge on any atom is -0.483 e. The van der Waals surface area contributed by atoms with Crippen LogP contribution in [0.15, 0.2) is 18.2 Å². The van der Waals surface area contributed by atoms with Gasteiger partial charge in [0, 0.05) is 0 Å². The Bertz CT molecular complexity index is 483. The average molecular weight is 279 g/mol. The third-order valence-electron chi connectivity index (χ3n) is 3.77. The van der Waals surface area contributed by atoms with E-state index in [0.717, 1.165) is 12.8 Å². The van der Waals surface area contributed by atoms with Crippen LogP contribution in [0.1, 0.15) is 33.1 Å². The highest BCUT2D eigenvalue weighted by Gasteiger charge is 2.28. The van der Waals surface area contributed by atoms with Gasteiger partial charge in [-0.1, -0.05) is 19.9 Å². The quantitative estimate of drug-likeness (QED) is 0.502. The van der Waals surface area contributed by atoms with Crippen molar-refractivity contribution in [3.63, 3.8) is 0 Å². The number of hydrogen-bond donors (Lipinski definition) is 2. The Morgan fingerprint density at radius 1 is 1.30 bits per heavy atom. The molecule has 1 fully saturated rings. The van der Waals surface area contributed by atoms with Gasteiger partial charge in [-0.05, 0) is 43.2 Å². The summed E-state index contributed by atoms with van der Waals surface area (Å²) in [4.78, 5) is 10.7. The van der Waals surface area contributed by atoms with Crippen molar-refractivity contribution in [3.8, 4) is 5.75 Å². The number of rotatable bonds is 4. The van der Waals surface area contributed by atoms with Crippen molar-refractivity contribution in [3.05, 3.63) is 28.3 Å². The van der Waals surface area contributed by atoms with Crippen LogP contribution in [0.25, 0.3) is 0 Å². The van der Waals surface area contributed by atoms with Crippen LogP contribution >= 0.6 is 0 Å². The second kappa shape index (κ2) is 6.09. The fourth-order valence-electron chi connectivity index (χ4n) is 3.07. The molecule has 3 N–H and O–H groups in total. The smallest absolute Gasteiger partial charge is 0.335 e. The van der Waals surface area contributed by atoms with Gasteiger partial charge in [-0.15, -0.1) is 0 Å². The van der Waals surface area contributed by atoms with E-state index in [9.17, 15) is 10.1 Å². The van der Waals surface area contributed by atoms with E-state index in [2.05, 4.69) is 19.3 Å². The minimum atomic E-state index is -0.458. The summed E-state index contributed by atoms with van der Waals surface area (Å²) in [5.74, 6) is 6.78. The summed E-state index contributed by atoms with van der Waals surface area (Å²) < 4.78 is 5.89. The van der Waals surface area contributed by atoms with Gasteiger partial charge < -0.3 is 10.2 Å². The van der Waals surface area contributed by atoms with Crippen LogP contribution in [-0.2, 0) is 0 Å². The number of nitrogens with zero attached hydrogens (tertiary/aromatic N) is 1. The summed E-state index contributed by atoms with van der Waals surface area (Å²) in [6.07, 6.45) is 3.08. The third kappa shape index (κ3) is 3.19. The number of nitro groups is 1. The molecule has 0 aromatic heterocycles. The molecule has 0 amide bonds. The molecule has 2 atom stereocenters. The Labute approximate surface area is 118 Å². The molecular weight excluding hydrogens is 258 g/mol. The van der Waals surface area contributed by atoms with E-state index >= 15 is 0 Å². The van der Waals surface area contributed by atoms with Crippen molar-refractivity contribution in [2.24, 2.45) is 17.7 Å². The molecule has 1 aliphatic rings. The van der Waals surface area contributed by atoms with E-state index < -0.39 is 4.92 Å². The van der Waals surface area contributed by atoms with Crippen LogP contribution in [0.2, 0.25) is 0 Å². The van der Waals surface area contributed by atoms with Gasteiger partial charge in [0.15, 0.2) is 5.75 Å². The van der Waals surface area contributed by atoms with Crippen LogP contribution in [0.3, 0.4) is 0 Å². The zero-order valence-electron chi connectivity index (χ0n) is 11.8. The zero-order valence-corrected chi connectivity index (χ0v) is 11.8. The maximum Gasteiger partial charge on any atom is 0.335 e. The molecule has 0 saturated heterocycles. The van der Waals surface area contributed by atoms with Gasteiger partial charge in [-0.3, -0.25) is 16.0 Å². The molecule has 1 aromatic carbocycles. The van der Waals surface area contributed by atoms with E-state index in [1.54, 1.807) is 18.2 Å². The van der Waals surface area contributed by atoms with E-state index in [-0.39, 0.29) is 23.2 Å². The molecular formula is C14H21N3O3. The minimum absolute atomic E-state index is 0.0282. The summed E-state index contributed by atoms with van der Waals surface area (Å²) in [6.45, 7) is 4.39. The van der Waals surface area contributed by atoms with Gasteiger partial charge in [0.1, 0.15) is 5.69 Å². The van der Waals surface area contributed by atoms with Gasteiger partial charge in [0.25, 0.3) is 0 Å². The normalized spacial score (nSPS) is 26.1. The molecule has 0 bridgehead atoms. The third-order valence-corrected chi connectivity index (χ3v) is 3.77. The van der Waals surface area contributed by atoms with Crippen molar-refractivity contribution in [2.75, 3.05) is 5.43 Å². The molecule has 2 unspecified atom stereocenters. The highest BCUT2D eigenvalue weighted by Crippen LogP contribution is 2.38. The predicted octanol–water partition coefficient (Wildman–Crippen LogP) is 3.08. The Morgan fingerprint density at radius 2 is 1.95 bits per heavy atom. The van der Waals surface area contributed by atoms with Crippen molar-refractivity contribution in [1.29, 1.82) is 0 Å². The summed E-state index contributed by atoms with van der Waals surface area (Å²) in [6, 6.07) is 4.90. The molecule has 2 rings (SSSR count). The highest BCUT2D eigenvalue weighted by atomic mass is 16.6. The van der Waals surface area contributed by atoms with E-state index in [0.29, 0.717) is 11.8 Å². The number of hydrazine groups is 1. The number of nitrogen functional groups attached to an aromatic ring is 1. The molecule has 6 nitrogen and oxygen atoms in total. The monoisotopic (exact) mass is 279 g/mol. The molecule has 110 valence electrons. The molecule has 20 heavy (non-hydrogen) atoms. The van der Waals surface area contributed by atoms with Crippen molar-refractivity contribution in [1.82, 2.24) is 0 Å². The van der Waals surface area contributed by atoms with Crippen LogP contribution in [0, 0.1) is 22.0 Å². The van der Waals surface area contributed by atoms with Gasteiger partial charge in [0.2, 0.25) is 0 Å². The topological polar surface area (TPSA) is 90.4 Å². The fraction of sp³-hybridized carbons (Fsp3) is 0.571. The Morgan fingerprint density at radius 3 is 2.50 bits per heavy atom. The fourth-order valence-corrected chi connectivity index (χ4v) is 3.07.